The van der Waals surface area contributed by atoms with Gasteiger partial charge in [-0.3, -0.25) is 0 Å². The molecule has 9 aromatic carbocycles. The van der Waals surface area contributed by atoms with Crippen molar-refractivity contribution < 1.29 is 0 Å². The molecule has 50 heavy (non-hydrogen) atoms. The summed E-state index contributed by atoms with van der Waals surface area (Å²) in [5, 5.41) is 10.1. The van der Waals surface area contributed by atoms with Crippen LogP contribution < -0.4 is 4.90 Å². The molecule has 0 saturated carbocycles. The molecule has 0 aliphatic carbocycles. The molecular formula is C48H31NS. The normalized spacial score (nSPS) is 11.6. The van der Waals surface area contributed by atoms with Gasteiger partial charge in [-0.1, -0.05) is 146 Å². The first-order valence-electron chi connectivity index (χ1n) is 17.1. The van der Waals surface area contributed by atoms with Gasteiger partial charge in [-0.15, -0.1) is 11.3 Å². The van der Waals surface area contributed by atoms with Gasteiger partial charge in [-0.25, -0.2) is 0 Å². The van der Waals surface area contributed by atoms with Gasteiger partial charge in [-0.2, -0.15) is 0 Å². The number of thiophene rings is 1. The lowest BCUT2D eigenvalue weighted by Crippen LogP contribution is -2.11. The van der Waals surface area contributed by atoms with Crippen LogP contribution in [0.3, 0.4) is 0 Å². The molecular weight excluding hydrogens is 623 g/mol. The smallest absolute Gasteiger partial charge is 0.0555 e. The Labute approximate surface area is 294 Å². The van der Waals surface area contributed by atoms with Crippen molar-refractivity contribution in [1.82, 2.24) is 0 Å². The third kappa shape index (κ3) is 4.69. The van der Waals surface area contributed by atoms with Gasteiger partial charge in [0.25, 0.3) is 0 Å². The molecule has 0 aliphatic rings. The molecule has 0 N–H and O–H groups in total. The number of fused-ring (bicyclic) bond motifs is 7. The number of hydrogen-bond acceptors (Lipinski definition) is 2. The van der Waals surface area contributed by atoms with Gasteiger partial charge in [0.05, 0.1) is 11.4 Å². The van der Waals surface area contributed by atoms with Crippen LogP contribution in [0, 0.1) is 0 Å². The molecule has 0 unspecified atom stereocenters. The summed E-state index contributed by atoms with van der Waals surface area (Å²) in [4.78, 5) is 2.49. The molecule has 1 heterocycles. The SMILES string of the molecule is c1cc(-c2cccc(N(c3cc4ccccc4c4ccccc34)c3cccc4sc5ccccc5c34)c2)cc(-c2cccc3ccccc23)c1. The van der Waals surface area contributed by atoms with Crippen molar-refractivity contribution in [2.24, 2.45) is 0 Å². The van der Waals surface area contributed by atoms with E-state index in [0.717, 1.165) is 5.69 Å². The lowest BCUT2D eigenvalue weighted by molar-refractivity contribution is 1.32. The number of anilines is 3. The van der Waals surface area contributed by atoms with E-state index in [1.807, 2.05) is 11.3 Å². The Morgan fingerprint density at radius 3 is 1.82 bits per heavy atom. The average Bonchev–Trinajstić information content (AvgIpc) is 3.58. The third-order valence-corrected chi connectivity index (χ3v) is 11.1. The van der Waals surface area contributed by atoms with Gasteiger partial charge < -0.3 is 4.90 Å². The number of benzene rings is 9. The third-order valence-electron chi connectivity index (χ3n) is 10.0. The van der Waals surface area contributed by atoms with E-state index in [1.54, 1.807) is 0 Å². The zero-order valence-electron chi connectivity index (χ0n) is 27.3. The summed E-state index contributed by atoms with van der Waals surface area (Å²) in [6.07, 6.45) is 0. The summed E-state index contributed by atoms with van der Waals surface area (Å²) in [7, 11) is 0. The predicted molar refractivity (Wildman–Crippen MR) is 217 cm³/mol. The van der Waals surface area contributed by atoms with E-state index < -0.39 is 0 Å². The highest BCUT2D eigenvalue weighted by atomic mass is 32.1. The fourth-order valence-electron chi connectivity index (χ4n) is 7.74. The van der Waals surface area contributed by atoms with Gasteiger partial charge in [0.15, 0.2) is 0 Å². The Balaban J connectivity index is 1.22. The Morgan fingerprint density at radius 1 is 0.340 bits per heavy atom. The van der Waals surface area contributed by atoms with Crippen molar-refractivity contribution in [1.29, 1.82) is 0 Å². The molecule has 1 nitrogen and oxygen atoms in total. The van der Waals surface area contributed by atoms with Crippen molar-refractivity contribution in [2.45, 2.75) is 0 Å². The van der Waals surface area contributed by atoms with Gasteiger partial charge in [-0.05, 0) is 91.6 Å². The van der Waals surface area contributed by atoms with Gasteiger partial charge in [0, 0.05) is 31.2 Å². The first-order chi connectivity index (χ1) is 24.8. The first-order valence-corrected chi connectivity index (χ1v) is 17.9. The van der Waals surface area contributed by atoms with Crippen LogP contribution in [0.1, 0.15) is 0 Å². The lowest BCUT2D eigenvalue weighted by Gasteiger charge is -2.29. The molecule has 1 aromatic heterocycles. The second-order valence-corrected chi connectivity index (χ2v) is 14.0. The number of rotatable bonds is 5. The molecule has 10 rings (SSSR count). The van der Waals surface area contributed by atoms with E-state index >= 15 is 0 Å². The minimum atomic E-state index is 1.13. The van der Waals surface area contributed by atoms with Crippen LogP contribution in [-0.2, 0) is 0 Å². The number of nitrogens with zero attached hydrogens (tertiary/aromatic N) is 1. The molecule has 0 bridgehead atoms. The summed E-state index contributed by atoms with van der Waals surface area (Å²) < 4.78 is 2.59. The first kappa shape index (κ1) is 28.8. The largest absolute Gasteiger partial charge is 0.309 e. The van der Waals surface area contributed by atoms with Gasteiger partial charge in [0.2, 0.25) is 0 Å². The lowest BCUT2D eigenvalue weighted by atomic mass is 9.95. The maximum absolute atomic E-state index is 2.49. The standard InChI is InChI=1S/C48H31NS/c1-3-20-38-32(13-1)15-11-25-39(38)35-18-9-16-33(29-35)34-17-10-19-37(30-34)49(44-26-12-28-47-48(44)43-24-7-8-27-46(43)50-47)45-31-36-14-2-4-21-40(36)41-22-5-6-23-42(41)45/h1-31H. The molecule has 2 heteroatoms. The van der Waals surface area contributed by atoms with E-state index in [1.165, 1.54) is 86.1 Å². The zero-order chi connectivity index (χ0) is 33.0. The van der Waals surface area contributed by atoms with E-state index in [0.29, 0.717) is 0 Å². The zero-order valence-corrected chi connectivity index (χ0v) is 28.1. The Kier molecular flexibility index (Phi) is 6.75. The second kappa shape index (κ2) is 11.7. The van der Waals surface area contributed by atoms with E-state index in [-0.39, 0.29) is 0 Å². The molecule has 0 radical (unpaired) electrons. The van der Waals surface area contributed by atoms with Gasteiger partial charge in [0.1, 0.15) is 0 Å². The van der Waals surface area contributed by atoms with Crippen LogP contribution >= 0.6 is 11.3 Å². The van der Waals surface area contributed by atoms with Crippen molar-refractivity contribution in [2.75, 3.05) is 4.90 Å². The van der Waals surface area contributed by atoms with Crippen molar-refractivity contribution >= 4 is 80.9 Å². The van der Waals surface area contributed by atoms with Crippen LogP contribution in [0.2, 0.25) is 0 Å². The monoisotopic (exact) mass is 653 g/mol. The van der Waals surface area contributed by atoms with Crippen molar-refractivity contribution in [3.05, 3.63) is 188 Å². The van der Waals surface area contributed by atoms with Crippen LogP contribution in [-0.4, -0.2) is 0 Å². The summed E-state index contributed by atoms with van der Waals surface area (Å²) >= 11 is 1.86. The van der Waals surface area contributed by atoms with E-state index in [9.17, 15) is 0 Å². The second-order valence-electron chi connectivity index (χ2n) is 12.9. The Hall–Kier alpha value is -6.22. The predicted octanol–water partition coefficient (Wildman–Crippen LogP) is 14.3. The molecule has 0 spiro atoms. The highest BCUT2D eigenvalue weighted by Crippen LogP contribution is 2.48. The fraction of sp³-hybridized carbons (Fsp3) is 0. The van der Waals surface area contributed by atoms with Crippen LogP contribution in [0.5, 0.6) is 0 Å². The molecule has 10 aromatic rings. The topological polar surface area (TPSA) is 3.24 Å². The Bertz CT molecular complexity index is 2890. The Morgan fingerprint density at radius 2 is 0.940 bits per heavy atom. The summed E-state index contributed by atoms with van der Waals surface area (Å²) in [5.74, 6) is 0. The van der Waals surface area contributed by atoms with Gasteiger partial charge >= 0.3 is 0 Å². The molecule has 234 valence electrons. The van der Waals surface area contributed by atoms with E-state index in [2.05, 4.69) is 193 Å². The highest BCUT2D eigenvalue weighted by Gasteiger charge is 2.21. The molecule has 0 atom stereocenters. The maximum Gasteiger partial charge on any atom is 0.0555 e. The molecule has 0 fully saturated rings. The van der Waals surface area contributed by atoms with Crippen LogP contribution in [0.25, 0.3) is 74.7 Å². The minimum absolute atomic E-state index is 1.13. The summed E-state index contributed by atoms with van der Waals surface area (Å²) in [6.45, 7) is 0. The average molecular weight is 654 g/mol. The van der Waals surface area contributed by atoms with E-state index in [4.69, 9.17) is 0 Å². The molecule has 0 saturated heterocycles. The highest BCUT2D eigenvalue weighted by molar-refractivity contribution is 7.26. The molecule has 0 aliphatic heterocycles. The fourth-order valence-corrected chi connectivity index (χ4v) is 8.86. The minimum Gasteiger partial charge on any atom is -0.309 e. The molecule has 0 amide bonds. The number of hydrogen-bond donors (Lipinski definition) is 0. The quantitative estimate of drug-likeness (QED) is 0.167. The van der Waals surface area contributed by atoms with Crippen molar-refractivity contribution in [3.8, 4) is 22.3 Å². The van der Waals surface area contributed by atoms with Crippen LogP contribution in [0.4, 0.5) is 17.1 Å². The van der Waals surface area contributed by atoms with Crippen LogP contribution in [0.15, 0.2) is 188 Å². The summed E-state index contributed by atoms with van der Waals surface area (Å²) in [6, 6.07) is 68.8. The maximum atomic E-state index is 2.49. The van der Waals surface area contributed by atoms with Crippen molar-refractivity contribution in [3.63, 3.8) is 0 Å². The summed E-state index contributed by atoms with van der Waals surface area (Å²) in [5.41, 5.74) is 8.33.